The summed E-state index contributed by atoms with van der Waals surface area (Å²) < 4.78 is 22.8. The minimum absolute atomic E-state index is 0.0419. The molecule has 0 aliphatic rings. The summed E-state index contributed by atoms with van der Waals surface area (Å²) in [4.78, 5) is 13.8. The Kier molecular flexibility index (Phi) is 8.87. The number of allylic oxidation sites excluding steroid dienone is 2. The van der Waals surface area contributed by atoms with Crippen LogP contribution in [-0.4, -0.2) is 32.5 Å². The third kappa shape index (κ3) is 6.09. The van der Waals surface area contributed by atoms with Crippen molar-refractivity contribution in [2.24, 2.45) is 0 Å². The highest BCUT2D eigenvalue weighted by atomic mass is 16.5. The van der Waals surface area contributed by atoms with Crippen LogP contribution in [0.4, 0.5) is 0 Å². The molecule has 0 saturated heterocycles. The lowest BCUT2D eigenvalue weighted by Crippen LogP contribution is -2.14. The van der Waals surface area contributed by atoms with E-state index in [1.54, 1.807) is 32.4 Å². The zero-order valence-electron chi connectivity index (χ0n) is 22.4. The number of phenols is 1. The Morgan fingerprint density at radius 1 is 0.974 bits per heavy atom. The van der Waals surface area contributed by atoms with E-state index < -0.39 is 5.43 Å². The first kappa shape index (κ1) is 27.0. The monoisotopic (exact) mass is 514 g/mol. The Morgan fingerprint density at radius 2 is 1.71 bits per heavy atom. The minimum Gasteiger partial charge on any atom is -0.507 e. The number of benzene rings is 3. The highest BCUT2D eigenvalue weighted by molar-refractivity contribution is 5.90. The molecule has 4 aromatic rings. The highest BCUT2D eigenvalue weighted by Crippen LogP contribution is 2.38. The van der Waals surface area contributed by atoms with Crippen molar-refractivity contribution < 1.29 is 23.7 Å². The van der Waals surface area contributed by atoms with E-state index in [1.165, 1.54) is 5.56 Å². The van der Waals surface area contributed by atoms with Gasteiger partial charge in [0.25, 0.3) is 0 Å². The molecule has 0 radical (unpaired) electrons. The molecule has 0 spiro atoms. The zero-order valence-corrected chi connectivity index (χ0v) is 22.4. The summed E-state index contributed by atoms with van der Waals surface area (Å²) in [7, 11) is 3.16. The second kappa shape index (κ2) is 12.5. The maximum Gasteiger partial charge on any atom is 0.239 e. The van der Waals surface area contributed by atoms with Gasteiger partial charge in [-0.05, 0) is 74.6 Å². The van der Waals surface area contributed by atoms with Crippen LogP contribution in [0.15, 0.2) is 81.5 Å². The SMILES string of the molecule is COCCOc1c(-c2ccc(OC)cc2)oc2c(CC=C(C)C)c(CCc3ccccc3)cc(O)c2c1=O. The van der Waals surface area contributed by atoms with Crippen molar-refractivity contribution in [1.29, 1.82) is 0 Å². The Hall–Kier alpha value is -4.03. The van der Waals surface area contributed by atoms with Crippen LogP contribution in [0.3, 0.4) is 0 Å². The predicted molar refractivity (Wildman–Crippen MR) is 150 cm³/mol. The first-order chi connectivity index (χ1) is 18.4. The van der Waals surface area contributed by atoms with Crippen LogP contribution in [0, 0.1) is 0 Å². The third-order valence-electron chi connectivity index (χ3n) is 6.43. The summed E-state index contributed by atoms with van der Waals surface area (Å²) in [6.07, 6.45) is 4.15. The summed E-state index contributed by atoms with van der Waals surface area (Å²) >= 11 is 0. The molecule has 38 heavy (non-hydrogen) atoms. The molecule has 0 aliphatic heterocycles. The van der Waals surface area contributed by atoms with Crippen molar-refractivity contribution in [2.45, 2.75) is 33.1 Å². The van der Waals surface area contributed by atoms with E-state index in [-0.39, 0.29) is 23.5 Å². The molecule has 4 rings (SSSR count). The van der Waals surface area contributed by atoms with Crippen LogP contribution >= 0.6 is 0 Å². The first-order valence-corrected chi connectivity index (χ1v) is 12.7. The van der Waals surface area contributed by atoms with E-state index in [0.717, 1.165) is 23.1 Å². The van der Waals surface area contributed by atoms with Crippen molar-refractivity contribution in [3.05, 3.63) is 99.2 Å². The Morgan fingerprint density at radius 3 is 2.37 bits per heavy atom. The number of aromatic hydroxyl groups is 1. The smallest absolute Gasteiger partial charge is 0.239 e. The molecular weight excluding hydrogens is 480 g/mol. The Labute approximate surface area is 223 Å². The molecule has 0 fully saturated rings. The van der Waals surface area contributed by atoms with Crippen molar-refractivity contribution >= 4 is 11.0 Å². The molecule has 0 amide bonds. The molecule has 0 unspecified atom stereocenters. The first-order valence-electron chi connectivity index (χ1n) is 12.7. The summed E-state index contributed by atoms with van der Waals surface area (Å²) in [5, 5.41) is 11.2. The molecule has 1 N–H and O–H groups in total. The molecule has 6 heteroatoms. The predicted octanol–water partition coefficient (Wildman–Crippen LogP) is 6.49. The van der Waals surface area contributed by atoms with E-state index in [1.807, 2.05) is 44.2 Å². The Bertz CT molecular complexity index is 1460. The fourth-order valence-corrected chi connectivity index (χ4v) is 4.40. The lowest BCUT2D eigenvalue weighted by molar-refractivity contribution is 0.145. The summed E-state index contributed by atoms with van der Waals surface area (Å²) in [6.45, 7) is 4.53. The van der Waals surface area contributed by atoms with Crippen molar-refractivity contribution in [2.75, 3.05) is 27.4 Å². The van der Waals surface area contributed by atoms with Gasteiger partial charge in [0.2, 0.25) is 11.2 Å². The van der Waals surface area contributed by atoms with E-state index in [0.29, 0.717) is 42.1 Å². The number of fused-ring (bicyclic) bond motifs is 1. The van der Waals surface area contributed by atoms with E-state index in [4.69, 9.17) is 18.6 Å². The Balaban J connectivity index is 1.94. The standard InChI is InChI=1S/C32H34O6/c1-21(2)10-17-26-24(12-11-22-8-6-5-7-9-22)20-27(33)28-29(34)32(37-19-18-35-3)30(38-31(26)28)23-13-15-25(36-4)16-14-23/h5-10,13-16,20,33H,11-12,17-19H2,1-4H3. The molecule has 0 bridgehead atoms. The molecule has 0 aliphatic carbocycles. The number of phenolic OH excluding ortho intramolecular Hbond substituents is 1. The molecule has 6 nitrogen and oxygen atoms in total. The maximum absolute atomic E-state index is 13.8. The highest BCUT2D eigenvalue weighted by Gasteiger charge is 2.24. The minimum atomic E-state index is -0.418. The van der Waals surface area contributed by atoms with Crippen LogP contribution in [0.5, 0.6) is 17.2 Å². The van der Waals surface area contributed by atoms with Gasteiger partial charge < -0.3 is 23.7 Å². The average molecular weight is 515 g/mol. The molecule has 1 aromatic heterocycles. The lowest BCUT2D eigenvalue weighted by Gasteiger charge is -2.17. The number of aryl methyl sites for hydroxylation is 2. The van der Waals surface area contributed by atoms with Gasteiger partial charge in [-0.1, -0.05) is 42.0 Å². The van der Waals surface area contributed by atoms with Crippen LogP contribution in [0.1, 0.15) is 30.5 Å². The van der Waals surface area contributed by atoms with E-state index >= 15 is 0 Å². The molecule has 0 atom stereocenters. The van der Waals surface area contributed by atoms with E-state index in [9.17, 15) is 9.90 Å². The van der Waals surface area contributed by atoms with Gasteiger partial charge in [-0.3, -0.25) is 4.79 Å². The van der Waals surface area contributed by atoms with Gasteiger partial charge in [-0.25, -0.2) is 0 Å². The average Bonchev–Trinajstić information content (AvgIpc) is 2.92. The molecular formula is C32H34O6. The van der Waals surface area contributed by atoms with Gasteiger partial charge in [0.1, 0.15) is 29.1 Å². The van der Waals surface area contributed by atoms with Crippen LogP contribution in [-0.2, 0) is 24.0 Å². The van der Waals surface area contributed by atoms with Crippen molar-refractivity contribution in [3.63, 3.8) is 0 Å². The molecule has 1 heterocycles. The fourth-order valence-electron chi connectivity index (χ4n) is 4.40. The van der Waals surface area contributed by atoms with Gasteiger partial charge in [0, 0.05) is 18.2 Å². The van der Waals surface area contributed by atoms with Crippen molar-refractivity contribution in [3.8, 4) is 28.6 Å². The van der Waals surface area contributed by atoms with E-state index in [2.05, 4.69) is 18.2 Å². The topological polar surface area (TPSA) is 78.1 Å². The molecule has 198 valence electrons. The lowest BCUT2D eigenvalue weighted by atomic mass is 9.94. The zero-order chi connectivity index (χ0) is 27.1. The number of hydrogen-bond acceptors (Lipinski definition) is 6. The van der Waals surface area contributed by atoms with Gasteiger partial charge in [-0.2, -0.15) is 0 Å². The van der Waals surface area contributed by atoms with Crippen LogP contribution in [0.2, 0.25) is 0 Å². The second-order valence-corrected chi connectivity index (χ2v) is 9.37. The second-order valence-electron chi connectivity index (χ2n) is 9.37. The van der Waals surface area contributed by atoms with Crippen molar-refractivity contribution in [1.82, 2.24) is 0 Å². The number of methoxy groups -OCH3 is 2. The quantitative estimate of drug-likeness (QED) is 0.182. The largest absolute Gasteiger partial charge is 0.507 e. The fraction of sp³-hybridized carbons (Fsp3) is 0.281. The summed E-state index contributed by atoms with van der Waals surface area (Å²) in [5.74, 6) is 0.916. The molecule has 0 saturated carbocycles. The normalized spacial score (nSPS) is 10.9. The maximum atomic E-state index is 13.8. The van der Waals surface area contributed by atoms with Gasteiger partial charge in [0.05, 0.1) is 13.7 Å². The number of hydrogen-bond donors (Lipinski definition) is 1. The van der Waals surface area contributed by atoms with Gasteiger partial charge in [0.15, 0.2) is 5.76 Å². The number of rotatable bonds is 11. The van der Waals surface area contributed by atoms with Gasteiger partial charge in [-0.15, -0.1) is 0 Å². The van der Waals surface area contributed by atoms with Crippen LogP contribution in [0.25, 0.3) is 22.3 Å². The summed E-state index contributed by atoms with van der Waals surface area (Å²) in [5.41, 5.74) is 4.79. The molecule has 3 aromatic carbocycles. The van der Waals surface area contributed by atoms with Crippen LogP contribution < -0.4 is 14.9 Å². The third-order valence-corrected chi connectivity index (χ3v) is 6.43. The summed E-state index contributed by atoms with van der Waals surface area (Å²) in [6, 6.07) is 19.1. The number of ether oxygens (including phenoxy) is 3. The van der Waals surface area contributed by atoms with Gasteiger partial charge >= 0.3 is 0 Å².